The summed E-state index contributed by atoms with van der Waals surface area (Å²) < 4.78 is 5.38. The van der Waals surface area contributed by atoms with Gasteiger partial charge in [0.25, 0.3) is 0 Å². The van der Waals surface area contributed by atoms with E-state index in [0.29, 0.717) is 0 Å². The first-order valence-corrected chi connectivity index (χ1v) is 9.53. The average Bonchev–Trinajstić information content (AvgIpc) is 2.68. The van der Waals surface area contributed by atoms with Crippen LogP contribution in [0.5, 0.6) is 0 Å². The fourth-order valence-corrected chi connectivity index (χ4v) is 3.17. The number of hydrogen-bond acceptors (Lipinski definition) is 4. The molecule has 2 N–H and O–H groups in total. The lowest BCUT2D eigenvalue weighted by Gasteiger charge is -2.26. The van der Waals surface area contributed by atoms with Crippen LogP contribution >= 0.6 is 0 Å². The molecule has 6 nitrogen and oxygen atoms in total. The van der Waals surface area contributed by atoms with E-state index < -0.39 is 0 Å². The number of carbonyl (C=O) groups is 1. The number of ether oxygens (including phenoxy) is 1. The van der Waals surface area contributed by atoms with Crippen molar-refractivity contribution in [2.75, 3.05) is 31.6 Å². The zero-order chi connectivity index (χ0) is 19.1. The Bertz CT molecular complexity index is 742. The van der Waals surface area contributed by atoms with Crippen molar-refractivity contribution >= 4 is 11.7 Å². The van der Waals surface area contributed by atoms with Gasteiger partial charge >= 0.3 is 6.03 Å². The fraction of sp³-hybridized carbons (Fsp3) is 0.429. The van der Waals surface area contributed by atoms with Gasteiger partial charge < -0.3 is 15.4 Å². The van der Waals surface area contributed by atoms with E-state index in [1.54, 1.807) is 6.20 Å². The molecule has 0 saturated carbocycles. The van der Waals surface area contributed by atoms with Gasteiger partial charge in [0, 0.05) is 31.5 Å². The number of nitrogens with one attached hydrogen (secondary N) is 2. The van der Waals surface area contributed by atoms with Crippen LogP contribution in [-0.2, 0) is 11.3 Å². The zero-order valence-corrected chi connectivity index (χ0v) is 16.1. The molecule has 1 aliphatic rings. The number of anilines is 1. The molecule has 2 aromatic rings. The van der Waals surface area contributed by atoms with Crippen molar-refractivity contribution in [2.45, 2.75) is 32.9 Å². The van der Waals surface area contributed by atoms with Crippen molar-refractivity contribution in [3.63, 3.8) is 0 Å². The molecule has 1 atom stereocenters. The highest BCUT2D eigenvalue weighted by atomic mass is 16.5. The summed E-state index contributed by atoms with van der Waals surface area (Å²) in [5, 5.41) is 5.91. The largest absolute Gasteiger partial charge is 0.379 e. The van der Waals surface area contributed by atoms with E-state index in [1.807, 2.05) is 38.1 Å². The smallest absolute Gasteiger partial charge is 0.319 e. The van der Waals surface area contributed by atoms with Crippen molar-refractivity contribution in [2.24, 2.45) is 0 Å². The summed E-state index contributed by atoms with van der Waals surface area (Å²) >= 11 is 0. The van der Waals surface area contributed by atoms with Gasteiger partial charge in [-0.1, -0.05) is 19.1 Å². The Hall–Kier alpha value is -2.44. The van der Waals surface area contributed by atoms with Crippen molar-refractivity contribution < 1.29 is 9.53 Å². The summed E-state index contributed by atoms with van der Waals surface area (Å²) in [6.07, 6.45) is 2.56. The first kappa shape index (κ1) is 19.3. The van der Waals surface area contributed by atoms with E-state index in [9.17, 15) is 4.79 Å². The average molecular weight is 368 g/mol. The van der Waals surface area contributed by atoms with Crippen LogP contribution in [0.15, 0.2) is 42.6 Å². The molecule has 6 heteroatoms. The van der Waals surface area contributed by atoms with Gasteiger partial charge in [0.15, 0.2) is 0 Å². The highest BCUT2D eigenvalue weighted by molar-refractivity contribution is 5.89. The SMILES string of the molecule is CCC(NC(=O)Nc1ccc(CN2CCOCC2)cc1)c1cc(C)ccn1. The number of urea groups is 1. The lowest BCUT2D eigenvalue weighted by Crippen LogP contribution is -2.35. The third-order valence-corrected chi connectivity index (χ3v) is 4.73. The van der Waals surface area contributed by atoms with Gasteiger partial charge in [0.2, 0.25) is 0 Å². The van der Waals surface area contributed by atoms with Crippen molar-refractivity contribution in [3.05, 3.63) is 59.4 Å². The number of carbonyl (C=O) groups excluding carboxylic acids is 1. The van der Waals surface area contributed by atoms with Crippen molar-refractivity contribution in [1.29, 1.82) is 0 Å². The Morgan fingerprint density at radius 2 is 1.96 bits per heavy atom. The Kier molecular flexibility index (Phi) is 6.79. The molecule has 1 aliphatic heterocycles. The van der Waals surface area contributed by atoms with E-state index >= 15 is 0 Å². The predicted octanol–water partition coefficient (Wildman–Crippen LogP) is 3.50. The molecule has 1 fully saturated rings. The molecule has 0 bridgehead atoms. The van der Waals surface area contributed by atoms with Gasteiger partial charge in [-0.05, 0) is 48.7 Å². The normalized spacial score (nSPS) is 15.9. The molecule has 0 spiro atoms. The van der Waals surface area contributed by atoms with Crippen LogP contribution in [0.25, 0.3) is 0 Å². The Morgan fingerprint density at radius 1 is 1.22 bits per heavy atom. The number of nitrogens with zero attached hydrogens (tertiary/aromatic N) is 2. The summed E-state index contributed by atoms with van der Waals surface area (Å²) in [5.74, 6) is 0. The van der Waals surface area contributed by atoms with E-state index in [1.165, 1.54) is 5.56 Å². The van der Waals surface area contributed by atoms with Gasteiger partial charge in [-0.15, -0.1) is 0 Å². The summed E-state index contributed by atoms with van der Waals surface area (Å²) in [5.41, 5.74) is 4.04. The molecule has 2 heterocycles. The van der Waals surface area contributed by atoms with E-state index in [0.717, 1.165) is 56.2 Å². The second kappa shape index (κ2) is 9.48. The third-order valence-electron chi connectivity index (χ3n) is 4.73. The van der Waals surface area contributed by atoms with Crippen molar-refractivity contribution in [1.82, 2.24) is 15.2 Å². The number of aromatic nitrogens is 1. The summed E-state index contributed by atoms with van der Waals surface area (Å²) in [4.78, 5) is 19.1. The second-order valence-corrected chi connectivity index (χ2v) is 6.90. The molecule has 1 aromatic carbocycles. The molecular weight excluding hydrogens is 340 g/mol. The topological polar surface area (TPSA) is 66.5 Å². The van der Waals surface area contributed by atoms with Gasteiger partial charge in [-0.2, -0.15) is 0 Å². The molecule has 144 valence electrons. The van der Waals surface area contributed by atoms with Gasteiger partial charge in [-0.25, -0.2) is 4.79 Å². The van der Waals surface area contributed by atoms with E-state index in [-0.39, 0.29) is 12.1 Å². The number of morpholine rings is 1. The molecule has 1 aromatic heterocycles. The highest BCUT2D eigenvalue weighted by Crippen LogP contribution is 2.16. The maximum atomic E-state index is 12.4. The van der Waals surface area contributed by atoms with Crippen LogP contribution in [0.2, 0.25) is 0 Å². The summed E-state index contributed by atoms with van der Waals surface area (Å²) in [6.45, 7) is 8.50. The first-order valence-electron chi connectivity index (χ1n) is 9.53. The molecular formula is C21H28N4O2. The standard InChI is InChI=1S/C21H28N4O2/c1-3-19(20-14-16(2)8-9-22-20)24-21(26)23-18-6-4-17(5-7-18)15-25-10-12-27-13-11-25/h4-9,14,19H,3,10-13,15H2,1-2H3,(H2,23,24,26). The Morgan fingerprint density at radius 3 is 2.63 bits per heavy atom. The van der Waals surface area contributed by atoms with Crippen LogP contribution in [0.4, 0.5) is 10.5 Å². The number of aryl methyl sites for hydroxylation is 1. The molecule has 27 heavy (non-hydrogen) atoms. The fourth-order valence-electron chi connectivity index (χ4n) is 3.17. The number of hydrogen-bond donors (Lipinski definition) is 2. The number of pyridine rings is 1. The number of rotatable bonds is 6. The highest BCUT2D eigenvalue weighted by Gasteiger charge is 2.14. The predicted molar refractivity (Wildman–Crippen MR) is 107 cm³/mol. The van der Waals surface area contributed by atoms with Crippen LogP contribution in [0, 0.1) is 6.92 Å². The molecule has 0 aliphatic carbocycles. The lowest BCUT2D eigenvalue weighted by molar-refractivity contribution is 0.0342. The summed E-state index contributed by atoms with van der Waals surface area (Å²) in [6, 6.07) is 11.7. The zero-order valence-electron chi connectivity index (χ0n) is 16.1. The maximum absolute atomic E-state index is 12.4. The summed E-state index contributed by atoms with van der Waals surface area (Å²) in [7, 11) is 0. The minimum Gasteiger partial charge on any atom is -0.379 e. The molecule has 1 saturated heterocycles. The molecule has 3 rings (SSSR count). The molecule has 2 amide bonds. The van der Waals surface area contributed by atoms with Crippen LogP contribution in [0.1, 0.15) is 36.2 Å². The van der Waals surface area contributed by atoms with Crippen molar-refractivity contribution in [3.8, 4) is 0 Å². The first-order chi connectivity index (χ1) is 13.1. The van der Waals surface area contributed by atoms with E-state index in [2.05, 4.69) is 32.7 Å². The molecule has 0 radical (unpaired) electrons. The number of amides is 2. The van der Waals surface area contributed by atoms with Gasteiger partial charge in [-0.3, -0.25) is 9.88 Å². The minimum atomic E-state index is -0.217. The quantitative estimate of drug-likeness (QED) is 0.819. The van der Waals surface area contributed by atoms with E-state index in [4.69, 9.17) is 4.74 Å². The monoisotopic (exact) mass is 368 g/mol. The molecule has 1 unspecified atom stereocenters. The third kappa shape index (κ3) is 5.77. The Labute approximate surface area is 160 Å². The van der Waals surface area contributed by atoms with Crippen LogP contribution in [0.3, 0.4) is 0 Å². The number of benzene rings is 1. The van der Waals surface area contributed by atoms with Gasteiger partial charge in [0.05, 0.1) is 24.9 Å². The second-order valence-electron chi connectivity index (χ2n) is 6.90. The Balaban J connectivity index is 1.53. The van der Waals surface area contributed by atoms with Crippen LogP contribution < -0.4 is 10.6 Å². The van der Waals surface area contributed by atoms with Gasteiger partial charge in [0.1, 0.15) is 0 Å². The lowest BCUT2D eigenvalue weighted by atomic mass is 10.1. The maximum Gasteiger partial charge on any atom is 0.319 e. The minimum absolute atomic E-state index is 0.106. The van der Waals surface area contributed by atoms with Crippen LogP contribution in [-0.4, -0.2) is 42.2 Å².